The van der Waals surface area contributed by atoms with Crippen molar-refractivity contribution >= 4 is 5.84 Å². The molecule has 0 saturated carbocycles. The number of hydrogen-bond donors (Lipinski definition) is 1. The van der Waals surface area contributed by atoms with Crippen molar-refractivity contribution in [1.82, 2.24) is 10.2 Å². The zero-order chi connectivity index (χ0) is 20.1. The largest absolute Gasteiger partial charge is 0.496 e. The predicted octanol–water partition coefficient (Wildman–Crippen LogP) is 4.74. The molecule has 0 bridgehead atoms. The van der Waals surface area contributed by atoms with Crippen LogP contribution in [-0.4, -0.2) is 36.5 Å². The standard InChI is InChI=1S/C24H33N3O/c1-18-11-13-19(14-12-18)17-27-16-8-15-25-22(23(27)26-24(2,3)4)20-9-6-7-10-21(20)28-5/h6-7,9-14,22,25H,8,15-17H2,1-5H3/b26-23-. The Bertz CT molecular complexity index is 805. The Morgan fingerprint density at radius 2 is 1.82 bits per heavy atom. The quantitative estimate of drug-likeness (QED) is 0.834. The molecule has 1 N–H and O–H groups in total. The topological polar surface area (TPSA) is 36.9 Å². The minimum Gasteiger partial charge on any atom is -0.496 e. The van der Waals surface area contributed by atoms with E-state index in [1.54, 1.807) is 7.11 Å². The molecule has 0 amide bonds. The highest BCUT2D eigenvalue weighted by atomic mass is 16.5. The fourth-order valence-corrected chi connectivity index (χ4v) is 3.61. The molecule has 1 saturated heterocycles. The zero-order valence-corrected chi connectivity index (χ0v) is 17.8. The van der Waals surface area contributed by atoms with E-state index in [0.29, 0.717) is 0 Å². The van der Waals surface area contributed by atoms with E-state index in [9.17, 15) is 0 Å². The second kappa shape index (κ2) is 8.78. The summed E-state index contributed by atoms with van der Waals surface area (Å²) >= 11 is 0. The van der Waals surface area contributed by atoms with Crippen LogP contribution in [0.25, 0.3) is 0 Å². The Kier molecular flexibility index (Phi) is 6.40. The lowest BCUT2D eigenvalue weighted by Gasteiger charge is -2.32. The number of rotatable bonds is 4. The van der Waals surface area contributed by atoms with E-state index in [0.717, 1.165) is 43.2 Å². The van der Waals surface area contributed by atoms with Crippen LogP contribution in [0.2, 0.25) is 0 Å². The maximum absolute atomic E-state index is 5.67. The number of aliphatic imine (C=N–C) groups is 1. The highest BCUT2D eigenvalue weighted by Gasteiger charge is 2.29. The van der Waals surface area contributed by atoms with E-state index in [2.05, 4.69) is 74.3 Å². The zero-order valence-electron chi connectivity index (χ0n) is 17.8. The molecular weight excluding hydrogens is 346 g/mol. The van der Waals surface area contributed by atoms with Crippen molar-refractivity contribution in [3.8, 4) is 5.75 Å². The van der Waals surface area contributed by atoms with Crippen molar-refractivity contribution in [3.63, 3.8) is 0 Å². The van der Waals surface area contributed by atoms with Gasteiger partial charge in [0, 0.05) is 18.7 Å². The highest BCUT2D eigenvalue weighted by Crippen LogP contribution is 2.30. The van der Waals surface area contributed by atoms with E-state index in [-0.39, 0.29) is 11.6 Å². The van der Waals surface area contributed by atoms with Crippen molar-refractivity contribution in [3.05, 3.63) is 65.2 Å². The van der Waals surface area contributed by atoms with Gasteiger partial charge in [0.15, 0.2) is 0 Å². The number of nitrogens with zero attached hydrogens (tertiary/aromatic N) is 2. The van der Waals surface area contributed by atoms with E-state index in [1.165, 1.54) is 11.1 Å². The highest BCUT2D eigenvalue weighted by molar-refractivity contribution is 5.90. The number of hydrogen-bond acceptors (Lipinski definition) is 3. The maximum atomic E-state index is 5.67. The van der Waals surface area contributed by atoms with Crippen molar-refractivity contribution in [2.45, 2.75) is 52.2 Å². The summed E-state index contributed by atoms with van der Waals surface area (Å²) in [5, 5.41) is 3.72. The molecule has 0 spiro atoms. The molecule has 1 unspecified atom stereocenters. The summed E-state index contributed by atoms with van der Waals surface area (Å²) in [6.07, 6.45) is 1.08. The number of ether oxygens (including phenoxy) is 1. The van der Waals surface area contributed by atoms with E-state index < -0.39 is 0 Å². The minimum atomic E-state index is -0.160. The third-order valence-corrected chi connectivity index (χ3v) is 4.93. The molecule has 3 rings (SSSR count). The van der Waals surface area contributed by atoms with Gasteiger partial charge in [-0.1, -0.05) is 48.0 Å². The summed E-state index contributed by atoms with van der Waals surface area (Å²) in [5.74, 6) is 1.99. The predicted molar refractivity (Wildman–Crippen MR) is 117 cm³/mol. The molecule has 0 radical (unpaired) electrons. The molecule has 1 atom stereocenters. The summed E-state index contributed by atoms with van der Waals surface area (Å²) in [4.78, 5) is 7.62. The molecule has 1 aliphatic heterocycles. The van der Waals surface area contributed by atoms with Gasteiger partial charge in [0.2, 0.25) is 0 Å². The molecule has 1 aliphatic rings. The number of benzene rings is 2. The average Bonchev–Trinajstić information content (AvgIpc) is 2.85. The number of aryl methyl sites for hydroxylation is 1. The number of para-hydroxylation sites is 1. The second-order valence-electron chi connectivity index (χ2n) is 8.53. The lowest BCUT2D eigenvalue weighted by atomic mass is 10.0. The molecule has 1 fully saturated rings. The molecule has 1 heterocycles. The second-order valence-corrected chi connectivity index (χ2v) is 8.53. The van der Waals surface area contributed by atoms with Crippen molar-refractivity contribution < 1.29 is 4.74 Å². The smallest absolute Gasteiger partial charge is 0.124 e. The summed E-state index contributed by atoms with van der Waals surface area (Å²) in [6.45, 7) is 11.4. The van der Waals surface area contributed by atoms with Crippen LogP contribution >= 0.6 is 0 Å². The number of nitrogens with one attached hydrogen (secondary N) is 1. The first-order valence-electron chi connectivity index (χ1n) is 10.1. The van der Waals surface area contributed by atoms with Crippen LogP contribution in [0, 0.1) is 6.92 Å². The van der Waals surface area contributed by atoms with Crippen LogP contribution in [0.5, 0.6) is 5.75 Å². The molecule has 4 heteroatoms. The fourth-order valence-electron chi connectivity index (χ4n) is 3.61. The lowest BCUT2D eigenvalue weighted by molar-refractivity contribution is 0.393. The molecule has 0 aromatic heterocycles. The summed E-state index contributed by atoms with van der Waals surface area (Å²) in [7, 11) is 1.74. The normalized spacial score (nSPS) is 19.5. The van der Waals surface area contributed by atoms with Gasteiger partial charge in [-0.15, -0.1) is 0 Å². The van der Waals surface area contributed by atoms with Gasteiger partial charge in [0.05, 0.1) is 18.7 Å². The monoisotopic (exact) mass is 379 g/mol. The summed E-state index contributed by atoms with van der Waals surface area (Å²) in [5.41, 5.74) is 3.58. The van der Waals surface area contributed by atoms with Gasteiger partial charge in [0.25, 0.3) is 0 Å². The van der Waals surface area contributed by atoms with Crippen LogP contribution in [-0.2, 0) is 6.54 Å². The Labute approximate surface area is 169 Å². The van der Waals surface area contributed by atoms with Gasteiger partial charge < -0.3 is 15.0 Å². The Balaban J connectivity index is 2.02. The van der Waals surface area contributed by atoms with Crippen molar-refractivity contribution in [2.75, 3.05) is 20.2 Å². The van der Waals surface area contributed by atoms with Gasteiger partial charge >= 0.3 is 0 Å². The Morgan fingerprint density at radius 3 is 2.50 bits per heavy atom. The Morgan fingerprint density at radius 1 is 1.11 bits per heavy atom. The van der Waals surface area contributed by atoms with Gasteiger partial charge in [0.1, 0.15) is 11.6 Å². The molecule has 150 valence electrons. The molecule has 4 nitrogen and oxygen atoms in total. The van der Waals surface area contributed by atoms with Crippen LogP contribution in [0.3, 0.4) is 0 Å². The van der Waals surface area contributed by atoms with Gasteiger partial charge in [-0.25, -0.2) is 0 Å². The molecule has 2 aromatic carbocycles. The van der Waals surface area contributed by atoms with E-state index >= 15 is 0 Å². The molecule has 0 aliphatic carbocycles. The summed E-state index contributed by atoms with van der Waals surface area (Å²) in [6, 6.07) is 17.1. The SMILES string of the molecule is COc1ccccc1C1NCCCN(Cc2ccc(C)cc2)/C1=N\C(C)(C)C. The van der Waals surface area contributed by atoms with E-state index in [1.807, 2.05) is 12.1 Å². The first-order chi connectivity index (χ1) is 13.4. The van der Waals surface area contributed by atoms with Gasteiger partial charge in [-0.3, -0.25) is 4.99 Å². The van der Waals surface area contributed by atoms with Crippen LogP contribution in [0.1, 0.15) is 49.9 Å². The minimum absolute atomic E-state index is 0.0170. The lowest BCUT2D eigenvalue weighted by Crippen LogP contribution is -2.39. The molecule has 28 heavy (non-hydrogen) atoms. The Hall–Kier alpha value is -2.33. The van der Waals surface area contributed by atoms with E-state index in [4.69, 9.17) is 9.73 Å². The maximum Gasteiger partial charge on any atom is 0.124 e. The van der Waals surface area contributed by atoms with Gasteiger partial charge in [-0.05, 0) is 52.3 Å². The first kappa shape index (κ1) is 20.4. The van der Waals surface area contributed by atoms with Crippen LogP contribution in [0.15, 0.2) is 53.5 Å². The molecule has 2 aromatic rings. The fraction of sp³-hybridized carbons (Fsp3) is 0.458. The van der Waals surface area contributed by atoms with Crippen molar-refractivity contribution in [1.29, 1.82) is 0 Å². The number of methoxy groups -OCH3 is 1. The summed E-state index contributed by atoms with van der Waals surface area (Å²) < 4.78 is 5.67. The van der Waals surface area contributed by atoms with Crippen LogP contribution in [0.4, 0.5) is 0 Å². The average molecular weight is 380 g/mol. The first-order valence-corrected chi connectivity index (χ1v) is 10.1. The molecular formula is C24H33N3O. The van der Waals surface area contributed by atoms with Gasteiger partial charge in [-0.2, -0.15) is 0 Å². The third-order valence-electron chi connectivity index (χ3n) is 4.93. The number of amidine groups is 1. The third kappa shape index (κ3) is 5.14. The van der Waals surface area contributed by atoms with Crippen LogP contribution < -0.4 is 10.1 Å². The van der Waals surface area contributed by atoms with Crippen molar-refractivity contribution in [2.24, 2.45) is 4.99 Å².